The van der Waals surface area contributed by atoms with E-state index in [1.807, 2.05) is 18.2 Å². The first-order valence-electron chi connectivity index (χ1n) is 5.78. The van der Waals surface area contributed by atoms with Crippen molar-refractivity contribution in [2.75, 3.05) is 5.32 Å². The maximum absolute atomic E-state index is 11.9. The van der Waals surface area contributed by atoms with Crippen LogP contribution in [0.25, 0.3) is 0 Å². The number of hydrogen-bond acceptors (Lipinski definition) is 3. The zero-order chi connectivity index (χ0) is 13.7. The predicted molar refractivity (Wildman–Crippen MR) is 77.1 cm³/mol. The highest BCUT2D eigenvalue weighted by atomic mass is 79.9. The van der Waals surface area contributed by atoms with Crippen molar-refractivity contribution in [1.29, 1.82) is 0 Å². The highest BCUT2D eigenvalue weighted by Crippen LogP contribution is 2.19. The number of anilines is 1. The summed E-state index contributed by atoms with van der Waals surface area (Å²) in [7, 11) is 0. The maximum atomic E-state index is 11.9. The summed E-state index contributed by atoms with van der Waals surface area (Å²) in [4.78, 5) is 15.8. The van der Waals surface area contributed by atoms with Gasteiger partial charge in [0.15, 0.2) is 6.10 Å². The van der Waals surface area contributed by atoms with Crippen LogP contribution in [0.15, 0.2) is 53.3 Å². The summed E-state index contributed by atoms with van der Waals surface area (Å²) in [6.45, 7) is 1.71. The third-order valence-corrected chi connectivity index (χ3v) is 2.92. The molecular weight excluding hydrogens is 308 g/mol. The summed E-state index contributed by atoms with van der Waals surface area (Å²) in [5, 5.41) is 2.76. The molecule has 1 heterocycles. The monoisotopic (exact) mass is 320 g/mol. The average molecular weight is 321 g/mol. The Morgan fingerprint density at radius 3 is 2.74 bits per heavy atom. The van der Waals surface area contributed by atoms with Crippen LogP contribution < -0.4 is 10.1 Å². The molecule has 0 aliphatic heterocycles. The van der Waals surface area contributed by atoms with Crippen LogP contribution in [0.5, 0.6) is 5.75 Å². The molecule has 19 heavy (non-hydrogen) atoms. The lowest BCUT2D eigenvalue weighted by Crippen LogP contribution is -2.30. The standard InChI is InChI=1S/C14H13BrN2O2/c1-10(19-13-4-2-3-11(15)9-13)14(18)17-12-5-7-16-8-6-12/h2-10H,1H3,(H,16,17,18). The van der Waals surface area contributed by atoms with Crippen LogP contribution in [0.2, 0.25) is 0 Å². The van der Waals surface area contributed by atoms with Gasteiger partial charge >= 0.3 is 0 Å². The minimum absolute atomic E-state index is 0.203. The van der Waals surface area contributed by atoms with Gasteiger partial charge in [0.05, 0.1) is 0 Å². The lowest BCUT2D eigenvalue weighted by Gasteiger charge is -2.14. The second-order valence-electron chi connectivity index (χ2n) is 3.94. The van der Waals surface area contributed by atoms with Crippen molar-refractivity contribution < 1.29 is 9.53 Å². The molecule has 1 N–H and O–H groups in total. The number of carbonyl (C=O) groups excluding carboxylic acids is 1. The number of benzene rings is 1. The van der Waals surface area contributed by atoms with E-state index in [0.29, 0.717) is 11.4 Å². The van der Waals surface area contributed by atoms with Gasteiger partial charge in [-0.3, -0.25) is 9.78 Å². The molecule has 0 saturated heterocycles. The summed E-state index contributed by atoms with van der Waals surface area (Å²) in [5.41, 5.74) is 0.699. The highest BCUT2D eigenvalue weighted by molar-refractivity contribution is 9.10. The van der Waals surface area contributed by atoms with E-state index >= 15 is 0 Å². The van der Waals surface area contributed by atoms with Gasteiger partial charge in [0.2, 0.25) is 0 Å². The average Bonchev–Trinajstić information content (AvgIpc) is 2.40. The van der Waals surface area contributed by atoms with Gasteiger partial charge < -0.3 is 10.1 Å². The van der Waals surface area contributed by atoms with Crippen molar-refractivity contribution in [2.45, 2.75) is 13.0 Å². The fourth-order valence-corrected chi connectivity index (χ4v) is 1.86. The number of rotatable bonds is 4. The fourth-order valence-electron chi connectivity index (χ4n) is 1.48. The summed E-state index contributed by atoms with van der Waals surface area (Å²) < 4.78 is 6.48. The van der Waals surface area contributed by atoms with Crippen LogP contribution in [0.3, 0.4) is 0 Å². The Morgan fingerprint density at radius 2 is 2.05 bits per heavy atom. The normalized spacial score (nSPS) is 11.7. The van der Waals surface area contributed by atoms with Crippen LogP contribution in [-0.4, -0.2) is 17.0 Å². The van der Waals surface area contributed by atoms with E-state index in [9.17, 15) is 4.79 Å². The molecule has 1 amide bonds. The molecule has 0 spiro atoms. The number of hydrogen-bond donors (Lipinski definition) is 1. The smallest absolute Gasteiger partial charge is 0.265 e. The van der Waals surface area contributed by atoms with Crippen LogP contribution in [-0.2, 0) is 4.79 Å². The van der Waals surface area contributed by atoms with Crippen molar-refractivity contribution in [3.8, 4) is 5.75 Å². The summed E-state index contributed by atoms with van der Waals surface area (Å²) in [6, 6.07) is 10.8. The Labute approximate surface area is 119 Å². The van der Waals surface area contributed by atoms with Gasteiger partial charge in [-0.2, -0.15) is 0 Å². The molecule has 0 fully saturated rings. The second kappa shape index (κ2) is 6.33. The van der Waals surface area contributed by atoms with Gasteiger partial charge in [-0.1, -0.05) is 22.0 Å². The van der Waals surface area contributed by atoms with Crippen LogP contribution in [0.1, 0.15) is 6.92 Å². The van der Waals surface area contributed by atoms with E-state index in [2.05, 4.69) is 26.2 Å². The maximum Gasteiger partial charge on any atom is 0.265 e. The Kier molecular flexibility index (Phi) is 4.52. The molecule has 98 valence electrons. The van der Waals surface area contributed by atoms with E-state index in [0.717, 1.165) is 4.47 Å². The fraction of sp³-hybridized carbons (Fsp3) is 0.143. The molecule has 2 rings (SSSR count). The number of nitrogens with zero attached hydrogens (tertiary/aromatic N) is 1. The summed E-state index contributed by atoms with van der Waals surface area (Å²) in [6.07, 6.45) is 2.66. The first-order valence-corrected chi connectivity index (χ1v) is 6.57. The van der Waals surface area contributed by atoms with E-state index in [4.69, 9.17) is 4.74 Å². The largest absolute Gasteiger partial charge is 0.481 e. The van der Waals surface area contributed by atoms with Gasteiger partial charge in [-0.05, 0) is 37.3 Å². The number of carbonyl (C=O) groups is 1. The van der Waals surface area contributed by atoms with E-state index in [-0.39, 0.29) is 5.91 Å². The first-order chi connectivity index (χ1) is 9.15. The summed E-state index contributed by atoms with van der Waals surface area (Å²) >= 11 is 3.36. The SMILES string of the molecule is CC(Oc1cccc(Br)c1)C(=O)Nc1ccncc1. The number of halogens is 1. The van der Waals surface area contributed by atoms with Crippen molar-refractivity contribution in [3.05, 3.63) is 53.3 Å². The topological polar surface area (TPSA) is 51.2 Å². The zero-order valence-corrected chi connectivity index (χ0v) is 11.9. The molecule has 1 atom stereocenters. The van der Waals surface area contributed by atoms with Crippen LogP contribution in [0, 0.1) is 0 Å². The third kappa shape index (κ3) is 4.06. The molecular formula is C14H13BrN2O2. The Morgan fingerprint density at radius 1 is 1.32 bits per heavy atom. The minimum atomic E-state index is -0.581. The molecule has 0 aliphatic carbocycles. The number of nitrogens with one attached hydrogen (secondary N) is 1. The van der Waals surface area contributed by atoms with E-state index in [1.54, 1.807) is 37.5 Å². The molecule has 1 aromatic carbocycles. The first kappa shape index (κ1) is 13.5. The number of ether oxygens (including phenoxy) is 1. The van der Waals surface area contributed by atoms with Crippen molar-refractivity contribution in [1.82, 2.24) is 4.98 Å². The van der Waals surface area contributed by atoms with Gasteiger partial charge in [-0.15, -0.1) is 0 Å². The molecule has 0 aliphatic rings. The van der Waals surface area contributed by atoms with Crippen molar-refractivity contribution in [2.24, 2.45) is 0 Å². The molecule has 2 aromatic rings. The molecule has 0 radical (unpaired) electrons. The molecule has 1 aromatic heterocycles. The third-order valence-electron chi connectivity index (χ3n) is 2.43. The van der Waals surface area contributed by atoms with Crippen molar-refractivity contribution >= 4 is 27.5 Å². The summed E-state index contributed by atoms with van der Waals surface area (Å²) in [5.74, 6) is 0.443. The molecule has 4 nitrogen and oxygen atoms in total. The van der Waals surface area contributed by atoms with Crippen LogP contribution in [0.4, 0.5) is 5.69 Å². The zero-order valence-electron chi connectivity index (χ0n) is 10.3. The Balaban J connectivity index is 1.96. The molecule has 0 saturated carbocycles. The Bertz CT molecular complexity index is 560. The number of aromatic nitrogens is 1. The number of pyridine rings is 1. The lowest BCUT2D eigenvalue weighted by molar-refractivity contribution is -0.122. The van der Waals surface area contributed by atoms with Gasteiger partial charge in [0.1, 0.15) is 5.75 Å². The van der Waals surface area contributed by atoms with Crippen LogP contribution >= 0.6 is 15.9 Å². The predicted octanol–water partition coefficient (Wildman–Crippen LogP) is 3.25. The minimum Gasteiger partial charge on any atom is -0.481 e. The molecule has 5 heteroatoms. The lowest BCUT2D eigenvalue weighted by atomic mass is 10.3. The molecule has 1 unspecified atom stereocenters. The van der Waals surface area contributed by atoms with Gasteiger partial charge in [0, 0.05) is 22.6 Å². The van der Waals surface area contributed by atoms with E-state index < -0.39 is 6.10 Å². The Hall–Kier alpha value is -1.88. The quantitative estimate of drug-likeness (QED) is 0.940. The van der Waals surface area contributed by atoms with E-state index in [1.165, 1.54) is 0 Å². The second-order valence-corrected chi connectivity index (χ2v) is 4.86. The van der Waals surface area contributed by atoms with Crippen molar-refractivity contribution in [3.63, 3.8) is 0 Å². The van der Waals surface area contributed by atoms with Gasteiger partial charge in [-0.25, -0.2) is 0 Å². The number of amides is 1. The van der Waals surface area contributed by atoms with Gasteiger partial charge in [0.25, 0.3) is 5.91 Å². The molecule has 0 bridgehead atoms. The highest BCUT2D eigenvalue weighted by Gasteiger charge is 2.14.